The third kappa shape index (κ3) is 1.09. The Hall–Kier alpha value is -0.0400. The Bertz CT molecular complexity index is 213. The van der Waals surface area contributed by atoms with Crippen LogP contribution in [0, 0.1) is 5.92 Å². The molecule has 2 heterocycles. The molecule has 1 nitrogen and oxygen atoms in total. The molecular formula is C12H24N+. The summed E-state index contributed by atoms with van der Waals surface area (Å²) in [5.74, 6) is 0.955. The molecule has 0 aromatic carbocycles. The minimum absolute atomic E-state index is 0.652. The van der Waals surface area contributed by atoms with Gasteiger partial charge in [0.25, 0.3) is 0 Å². The summed E-state index contributed by atoms with van der Waals surface area (Å²) in [6, 6.07) is 0.986. The lowest BCUT2D eigenvalue weighted by Crippen LogP contribution is -2.72. The normalized spacial score (nSPS) is 54.5. The number of hydrogen-bond acceptors (Lipinski definition) is 0. The molecule has 0 amide bonds. The lowest BCUT2D eigenvalue weighted by atomic mass is 9.75. The highest BCUT2D eigenvalue weighted by atomic mass is 15.5. The SMILES string of the molecule is CCCC1CC2(C)CC(C)C[N+]12C. The van der Waals surface area contributed by atoms with Gasteiger partial charge in [0.05, 0.1) is 26.1 Å². The molecule has 0 saturated carbocycles. The van der Waals surface area contributed by atoms with Crippen molar-refractivity contribution in [1.82, 2.24) is 0 Å². The van der Waals surface area contributed by atoms with Crippen molar-refractivity contribution in [2.24, 2.45) is 5.92 Å². The molecule has 76 valence electrons. The minimum Gasteiger partial charge on any atom is -0.318 e. The standard InChI is InChI=1S/C12H24N/c1-5-6-11-8-12(3)7-10(2)9-13(11,12)4/h10-11H,5-9H2,1-4H3/q+1. The van der Waals surface area contributed by atoms with E-state index in [1.165, 1.54) is 36.7 Å². The van der Waals surface area contributed by atoms with Gasteiger partial charge in [-0.3, -0.25) is 0 Å². The van der Waals surface area contributed by atoms with Crippen molar-refractivity contribution in [1.29, 1.82) is 0 Å². The lowest BCUT2D eigenvalue weighted by Gasteiger charge is -2.59. The van der Waals surface area contributed by atoms with Gasteiger partial charge in [0.1, 0.15) is 5.54 Å². The maximum Gasteiger partial charge on any atom is 0.103 e. The van der Waals surface area contributed by atoms with Gasteiger partial charge >= 0.3 is 0 Å². The van der Waals surface area contributed by atoms with Gasteiger partial charge in [-0.25, -0.2) is 0 Å². The molecule has 4 atom stereocenters. The summed E-state index contributed by atoms with van der Waals surface area (Å²) in [7, 11) is 2.49. The van der Waals surface area contributed by atoms with E-state index >= 15 is 0 Å². The molecule has 13 heavy (non-hydrogen) atoms. The van der Waals surface area contributed by atoms with Crippen LogP contribution in [0.4, 0.5) is 0 Å². The van der Waals surface area contributed by atoms with Crippen LogP contribution in [-0.4, -0.2) is 29.7 Å². The van der Waals surface area contributed by atoms with E-state index < -0.39 is 0 Å². The molecule has 2 saturated heterocycles. The Morgan fingerprint density at radius 1 is 1.38 bits per heavy atom. The first-order valence-electron chi connectivity index (χ1n) is 5.87. The Morgan fingerprint density at radius 2 is 2.08 bits per heavy atom. The maximum atomic E-state index is 2.50. The zero-order valence-electron chi connectivity index (χ0n) is 9.64. The van der Waals surface area contributed by atoms with Crippen molar-refractivity contribution in [3.8, 4) is 0 Å². The van der Waals surface area contributed by atoms with E-state index in [0.717, 1.165) is 12.0 Å². The fourth-order valence-electron chi connectivity index (χ4n) is 4.09. The largest absolute Gasteiger partial charge is 0.318 e. The first kappa shape index (κ1) is 9.51. The Kier molecular flexibility index (Phi) is 1.99. The van der Waals surface area contributed by atoms with Crippen LogP contribution in [0.2, 0.25) is 0 Å². The van der Waals surface area contributed by atoms with E-state index in [2.05, 4.69) is 27.8 Å². The monoisotopic (exact) mass is 182 g/mol. The summed E-state index contributed by atoms with van der Waals surface area (Å²) in [6.07, 6.45) is 5.76. The zero-order valence-corrected chi connectivity index (χ0v) is 9.64. The quantitative estimate of drug-likeness (QED) is 0.576. The van der Waals surface area contributed by atoms with E-state index in [1.807, 2.05) is 0 Å². The van der Waals surface area contributed by atoms with Crippen molar-refractivity contribution in [3.63, 3.8) is 0 Å². The Balaban J connectivity index is 2.11. The van der Waals surface area contributed by atoms with E-state index in [-0.39, 0.29) is 0 Å². The third-order valence-electron chi connectivity index (χ3n) is 4.82. The molecule has 0 bridgehead atoms. The van der Waals surface area contributed by atoms with Crippen LogP contribution in [0.15, 0.2) is 0 Å². The second-order valence-electron chi connectivity index (χ2n) is 5.90. The van der Waals surface area contributed by atoms with E-state index in [4.69, 9.17) is 0 Å². The van der Waals surface area contributed by atoms with E-state index in [1.54, 1.807) is 0 Å². The number of nitrogens with zero attached hydrogens (tertiary/aromatic N) is 1. The number of hydrogen-bond donors (Lipinski definition) is 0. The zero-order chi connectivity index (χ0) is 9.69. The highest BCUT2D eigenvalue weighted by Crippen LogP contribution is 2.53. The van der Waals surface area contributed by atoms with Gasteiger partial charge in [0, 0.05) is 12.3 Å². The molecule has 0 N–H and O–H groups in total. The molecule has 0 aromatic heterocycles. The van der Waals surface area contributed by atoms with E-state index in [9.17, 15) is 0 Å². The molecule has 2 aliphatic heterocycles. The smallest absolute Gasteiger partial charge is 0.103 e. The van der Waals surface area contributed by atoms with Gasteiger partial charge in [-0.2, -0.15) is 0 Å². The second-order valence-corrected chi connectivity index (χ2v) is 5.90. The van der Waals surface area contributed by atoms with Gasteiger partial charge in [0.2, 0.25) is 0 Å². The van der Waals surface area contributed by atoms with Crippen molar-refractivity contribution in [3.05, 3.63) is 0 Å². The van der Waals surface area contributed by atoms with Crippen LogP contribution in [0.3, 0.4) is 0 Å². The first-order chi connectivity index (χ1) is 6.02. The van der Waals surface area contributed by atoms with Crippen LogP contribution < -0.4 is 0 Å². The van der Waals surface area contributed by atoms with Crippen LogP contribution in [0.5, 0.6) is 0 Å². The molecule has 2 rings (SSSR count). The average Bonchev–Trinajstić information content (AvgIpc) is 2.18. The number of quaternary nitrogens is 1. The van der Waals surface area contributed by atoms with Gasteiger partial charge in [0.15, 0.2) is 0 Å². The van der Waals surface area contributed by atoms with Crippen LogP contribution in [0.25, 0.3) is 0 Å². The van der Waals surface area contributed by atoms with Crippen molar-refractivity contribution < 1.29 is 4.48 Å². The second kappa shape index (κ2) is 2.73. The molecule has 2 fully saturated rings. The molecule has 0 radical (unpaired) electrons. The Morgan fingerprint density at radius 3 is 2.62 bits per heavy atom. The first-order valence-corrected chi connectivity index (χ1v) is 5.87. The van der Waals surface area contributed by atoms with Crippen LogP contribution in [0.1, 0.15) is 46.5 Å². The molecule has 0 aromatic rings. The van der Waals surface area contributed by atoms with Gasteiger partial charge in [-0.1, -0.05) is 20.3 Å². The molecular weight excluding hydrogens is 158 g/mol. The van der Waals surface area contributed by atoms with Crippen LogP contribution in [-0.2, 0) is 0 Å². The topological polar surface area (TPSA) is 0 Å². The summed E-state index contributed by atoms with van der Waals surface area (Å²) >= 11 is 0. The predicted molar refractivity (Wildman–Crippen MR) is 56.6 cm³/mol. The highest BCUT2D eigenvalue weighted by Gasteiger charge is 2.64. The van der Waals surface area contributed by atoms with Crippen LogP contribution >= 0.6 is 0 Å². The minimum atomic E-state index is 0.652. The molecule has 1 heteroatoms. The highest BCUT2D eigenvalue weighted by molar-refractivity contribution is 4.96. The third-order valence-corrected chi connectivity index (χ3v) is 4.82. The van der Waals surface area contributed by atoms with E-state index in [0.29, 0.717) is 5.54 Å². The lowest BCUT2D eigenvalue weighted by molar-refractivity contribution is -1.01. The molecule has 0 aliphatic carbocycles. The maximum absolute atomic E-state index is 2.50. The average molecular weight is 182 g/mol. The molecule has 4 unspecified atom stereocenters. The van der Waals surface area contributed by atoms with Crippen molar-refractivity contribution in [2.75, 3.05) is 13.6 Å². The predicted octanol–water partition coefficient (Wildman–Crippen LogP) is 2.80. The van der Waals surface area contributed by atoms with Crippen molar-refractivity contribution >= 4 is 0 Å². The van der Waals surface area contributed by atoms with Crippen molar-refractivity contribution in [2.45, 2.75) is 58.0 Å². The molecule has 2 aliphatic rings. The number of rotatable bonds is 2. The van der Waals surface area contributed by atoms with Gasteiger partial charge in [-0.15, -0.1) is 0 Å². The summed E-state index contributed by atoms with van der Waals surface area (Å²) in [5.41, 5.74) is 0.652. The fourth-order valence-corrected chi connectivity index (χ4v) is 4.09. The number of fused-ring (bicyclic) bond motifs is 1. The molecule has 0 spiro atoms. The van der Waals surface area contributed by atoms with Gasteiger partial charge < -0.3 is 4.48 Å². The summed E-state index contributed by atoms with van der Waals surface area (Å²) in [4.78, 5) is 0. The van der Waals surface area contributed by atoms with Gasteiger partial charge in [-0.05, 0) is 13.3 Å². The summed E-state index contributed by atoms with van der Waals surface area (Å²) in [6.45, 7) is 8.68. The summed E-state index contributed by atoms with van der Waals surface area (Å²) in [5, 5.41) is 0. The summed E-state index contributed by atoms with van der Waals surface area (Å²) < 4.78 is 1.39. The Labute approximate surface area is 82.7 Å². The fraction of sp³-hybridized carbons (Fsp3) is 1.00.